The van der Waals surface area contributed by atoms with Gasteiger partial charge in [-0.05, 0) is 30.3 Å². The molecule has 2 aromatic carbocycles. The number of halogens is 1. The minimum absolute atomic E-state index is 0.276. The van der Waals surface area contributed by atoms with Gasteiger partial charge in [-0.25, -0.2) is 0 Å². The van der Waals surface area contributed by atoms with Gasteiger partial charge >= 0.3 is 0 Å². The number of ether oxygens (including phenoxy) is 3. The fraction of sp³-hybridized carbons (Fsp3) is 0.176. The highest BCUT2D eigenvalue weighted by Gasteiger charge is 2.11. The predicted octanol–water partition coefficient (Wildman–Crippen LogP) is 3.79. The van der Waals surface area contributed by atoms with Crippen molar-refractivity contribution in [1.29, 1.82) is 10.5 Å². The average molecular weight is 373 g/mol. The highest BCUT2D eigenvalue weighted by molar-refractivity contribution is 9.10. The van der Waals surface area contributed by atoms with Crippen LogP contribution in [-0.2, 0) is 6.61 Å². The Kier molecular flexibility index (Phi) is 5.46. The fourth-order valence-corrected chi connectivity index (χ4v) is 2.41. The van der Waals surface area contributed by atoms with Crippen LogP contribution in [-0.4, -0.2) is 14.2 Å². The number of hydrogen-bond acceptors (Lipinski definition) is 5. The van der Waals surface area contributed by atoms with E-state index in [1.807, 2.05) is 18.2 Å². The van der Waals surface area contributed by atoms with Gasteiger partial charge in [0.15, 0.2) is 11.5 Å². The zero-order valence-electron chi connectivity index (χ0n) is 12.6. The molecule has 0 aliphatic heterocycles. The molecule has 0 saturated heterocycles. The van der Waals surface area contributed by atoms with E-state index in [1.165, 1.54) is 0 Å². The van der Waals surface area contributed by atoms with Crippen molar-refractivity contribution in [2.75, 3.05) is 14.2 Å². The molecular formula is C17H13BrN2O3. The number of hydrogen-bond donors (Lipinski definition) is 0. The van der Waals surface area contributed by atoms with Crippen molar-refractivity contribution in [3.63, 3.8) is 0 Å². The van der Waals surface area contributed by atoms with Crippen molar-refractivity contribution in [1.82, 2.24) is 0 Å². The van der Waals surface area contributed by atoms with Crippen LogP contribution in [0.4, 0.5) is 0 Å². The third-order valence-corrected chi connectivity index (χ3v) is 3.92. The lowest BCUT2D eigenvalue weighted by molar-refractivity contribution is 0.303. The molecule has 0 fully saturated rings. The van der Waals surface area contributed by atoms with Gasteiger partial charge in [-0.15, -0.1) is 0 Å². The summed E-state index contributed by atoms with van der Waals surface area (Å²) in [7, 11) is 3.14. The monoisotopic (exact) mass is 372 g/mol. The van der Waals surface area contributed by atoms with Crippen molar-refractivity contribution in [3.05, 3.63) is 51.5 Å². The zero-order valence-corrected chi connectivity index (χ0v) is 14.2. The van der Waals surface area contributed by atoms with Crippen LogP contribution in [0.5, 0.6) is 17.2 Å². The molecular weight excluding hydrogens is 360 g/mol. The van der Waals surface area contributed by atoms with E-state index in [-0.39, 0.29) is 12.2 Å². The van der Waals surface area contributed by atoms with Crippen LogP contribution in [0.25, 0.3) is 0 Å². The molecule has 0 spiro atoms. The number of benzene rings is 2. The van der Waals surface area contributed by atoms with Crippen LogP contribution in [0.3, 0.4) is 0 Å². The minimum atomic E-state index is 0.276. The molecule has 0 aliphatic carbocycles. The smallest absolute Gasteiger partial charge is 0.161 e. The normalized spacial score (nSPS) is 9.61. The third-order valence-electron chi connectivity index (χ3n) is 3.18. The van der Waals surface area contributed by atoms with Crippen molar-refractivity contribution in [2.45, 2.75) is 6.61 Å². The summed E-state index contributed by atoms with van der Waals surface area (Å²) in [6.07, 6.45) is 0. The Bertz CT molecular complexity index is 807. The Morgan fingerprint density at radius 2 is 1.61 bits per heavy atom. The van der Waals surface area contributed by atoms with Crippen LogP contribution in [0, 0.1) is 22.7 Å². The second kappa shape index (κ2) is 7.53. The molecule has 5 nitrogen and oxygen atoms in total. The van der Waals surface area contributed by atoms with E-state index in [9.17, 15) is 0 Å². The molecule has 0 radical (unpaired) electrons. The summed E-state index contributed by atoms with van der Waals surface area (Å²) in [5, 5.41) is 18.0. The van der Waals surface area contributed by atoms with Crippen molar-refractivity contribution >= 4 is 15.9 Å². The first-order chi connectivity index (χ1) is 11.1. The molecule has 0 N–H and O–H groups in total. The molecule has 0 unspecified atom stereocenters. The van der Waals surface area contributed by atoms with Gasteiger partial charge in [0.1, 0.15) is 24.5 Å². The first-order valence-corrected chi connectivity index (χ1v) is 7.39. The number of nitriles is 2. The van der Waals surface area contributed by atoms with Crippen LogP contribution in [0.1, 0.15) is 16.7 Å². The second-order valence-electron chi connectivity index (χ2n) is 4.52. The lowest BCUT2D eigenvalue weighted by Gasteiger charge is -2.13. The van der Waals surface area contributed by atoms with E-state index >= 15 is 0 Å². The van der Waals surface area contributed by atoms with E-state index in [1.54, 1.807) is 38.5 Å². The Balaban J connectivity index is 2.22. The minimum Gasteiger partial charge on any atom is -0.493 e. The van der Waals surface area contributed by atoms with Crippen molar-refractivity contribution < 1.29 is 14.2 Å². The lowest BCUT2D eigenvalue weighted by Crippen LogP contribution is -1.99. The number of rotatable bonds is 5. The quantitative estimate of drug-likeness (QED) is 0.797. The molecule has 0 aromatic heterocycles. The second-order valence-corrected chi connectivity index (χ2v) is 5.37. The van der Waals surface area contributed by atoms with Gasteiger partial charge in [-0.3, -0.25) is 0 Å². The van der Waals surface area contributed by atoms with Gasteiger partial charge in [0.05, 0.1) is 25.3 Å². The predicted molar refractivity (Wildman–Crippen MR) is 87.5 cm³/mol. The maximum absolute atomic E-state index is 9.03. The van der Waals surface area contributed by atoms with Crippen LogP contribution < -0.4 is 14.2 Å². The molecule has 0 bridgehead atoms. The van der Waals surface area contributed by atoms with E-state index in [4.69, 9.17) is 24.7 Å². The zero-order chi connectivity index (χ0) is 16.8. The van der Waals surface area contributed by atoms with Crippen LogP contribution in [0.15, 0.2) is 34.8 Å². The topological polar surface area (TPSA) is 75.3 Å². The summed E-state index contributed by atoms with van der Waals surface area (Å²) < 4.78 is 17.0. The highest BCUT2D eigenvalue weighted by Crippen LogP contribution is 2.33. The van der Waals surface area contributed by atoms with E-state index in [0.29, 0.717) is 22.8 Å². The summed E-state index contributed by atoms with van der Waals surface area (Å²) >= 11 is 3.46. The number of methoxy groups -OCH3 is 2. The average Bonchev–Trinajstić information content (AvgIpc) is 2.59. The molecule has 0 saturated carbocycles. The third kappa shape index (κ3) is 3.74. The van der Waals surface area contributed by atoms with Crippen molar-refractivity contribution in [3.8, 4) is 29.4 Å². The summed E-state index contributed by atoms with van der Waals surface area (Å²) in [5.74, 6) is 1.74. The first-order valence-electron chi connectivity index (χ1n) is 6.60. The van der Waals surface area contributed by atoms with E-state index < -0.39 is 0 Å². The lowest BCUT2D eigenvalue weighted by atomic mass is 10.1. The summed E-state index contributed by atoms with van der Waals surface area (Å²) in [5.41, 5.74) is 1.48. The van der Waals surface area contributed by atoms with Crippen LogP contribution in [0.2, 0.25) is 0 Å². The van der Waals surface area contributed by atoms with E-state index in [0.717, 1.165) is 10.0 Å². The molecule has 2 rings (SSSR count). The first kappa shape index (κ1) is 16.7. The Morgan fingerprint density at radius 3 is 2.22 bits per heavy atom. The van der Waals surface area contributed by atoms with Crippen LogP contribution >= 0.6 is 15.9 Å². The largest absolute Gasteiger partial charge is 0.493 e. The maximum atomic E-state index is 9.03. The Morgan fingerprint density at radius 1 is 0.957 bits per heavy atom. The Labute approximate surface area is 142 Å². The van der Waals surface area contributed by atoms with Gasteiger partial charge in [0, 0.05) is 10.0 Å². The SMILES string of the molecule is COc1cc(Br)c(COc2ccc(C#N)c(C#N)c2)cc1OC. The highest BCUT2D eigenvalue weighted by atomic mass is 79.9. The van der Waals surface area contributed by atoms with Gasteiger partial charge in [0.25, 0.3) is 0 Å². The van der Waals surface area contributed by atoms with Crippen molar-refractivity contribution in [2.24, 2.45) is 0 Å². The van der Waals surface area contributed by atoms with Gasteiger partial charge in [0.2, 0.25) is 0 Å². The molecule has 0 aliphatic rings. The number of nitrogens with zero attached hydrogens (tertiary/aromatic N) is 2. The van der Waals surface area contributed by atoms with Gasteiger partial charge in [-0.2, -0.15) is 10.5 Å². The van der Waals surface area contributed by atoms with E-state index in [2.05, 4.69) is 15.9 Å². The van der Waals surface area contributed by atoms with Gasteiger partial charge in [-0.1, -0.05) is 15.9 Å². The Hall–Kier alpha value is -2.70. The molecule has 0 atom stereocenters. The molecule has 2 aromatic rings. The molecule has 23 heavy (non-hydrogen) atoms. The van der Waals surface area contributed by atoms with Gasteiger partial charge < -0.3 is 14.2 Å². The summed E-state index contributed by atoms with van der Waals surface area (Å²) in [6, 6.07) is 12.3. The fourth-order valence-electron chi connectivity index (χ4n) is 1.97. The molecule has 0 heterocycles. The summed E-state index contributed by atoms with van der Waals surface area (Å²) in [6.45, 7) is 0.276. The molecule has 0 amide bonds. The summed E-state index contributed by atoms with van der Waals surface area (Å²) in [4.78, 5) is 0. The molecule has 116 valence electrons. The standard InChI is InChI=1S/C17H13BrN2O3/c1-21-16-6-13(15(18)7-17(16)22-2)10-23-14-4-3-11(8-19)12(5-14)9-20/h3-7H,10H2,1-2H3. The molecule has 6 heteroatoms. The maximum Gasteiger partial charge on any atom is 0.161 e.